The minimum Gasteiger partial charge on any atom is -0.396 e. The largest absolute Gasteiger partial charge is 0.396 e. The van der Waals surface area contributed by atoms with E-state index in [-0.39, 0.29) is 12.5 Å². The van der Waals surface area contributed by atoms with Crippen molar-refractivity contribution < 1.29 is 9.90 Å². The van der Waals surface area contributed by atoms with E-state index in [4.69, 9.17) is 5.11 Å². The van der Waals surface area contributed by atoms with Gasteiger partial charge in [-0.1, -0.05) is 24.3 Å². The van der Waals surface area contributed by atoms with Gasteiger partial charge >= 0.3 is 0 Å². The fraction of sp³-hybridized carbons (Fsp3) is 0.150. The highest BCUT2D eigenvalue weighted by Crippen LogP contribution is 2.23. The van der Waals surface area contributed by atoms with Gasteiger partial charge in [-0.3, -0.25) is 4.79 Å². The van der Waals surface area contributed by atoms with Crippen LogP contribution in [-0.2, 0) is 11.2 Å². The highest BCUT2D eigenvalue weighted by Gasteiger charge is 2.04. The highest BCUT2D eigenvalue weighted by atomic mass is 16.3. The van der Waals surface area contributed by atoms with E-state index in [1.165, 1.54) is 13.3 Å². The summed E-state index contributed by atoms with van der Waals surface area (Å²) in [6.45, 7) is 1.62. The fourth-order valence-electron chi connectivity index (χ4n) is 2.54. The van der Waals surface area contributed by atoms with Crippen LogP contribution >= 0.6 is 0 Å². The maximum absolute atomic E-state index is 11.1. The van der Waals surface area contributed by atoms with Gasteiger partial charge in [0.05, 0.1) is 5.69 Å². The number of nitrogens with one attached hydrogen (secondary N) is 2. The summed E-state index contributed by atoms with van der Waals surface area (Å²) in [6, 6.07) is 17.2. The lowest BCUT2D eigenvalue weighted by atomic mass is 10.1. The molecule has 0 unspecified atom stereocenters. The van der Waals surface area contributed by atoms with E-state index in [1.807, 2.05) is 54.6 Å². The maximum Gasteiger partial charge on any atom is 0.221 e. The Morgan fingerprint density at radius 2 is 1.69 bits per heavy atom. The zero-order valence-electron chi connectivity index (χ0n) is 14.4. The van der Waals surface area contributed by atoms with Crippen LogP contribution in [0.5, 0.6) is 0 Å². The van der Waals surface area contributed by atoms with E-state index >= 15 is 0 Å². The van der Waals surface area contributed by atoms with E-state index < -0.39 is 0 Å². The standard InChI is InChI=1S/C20H20N4O2/c1-14(26)23-17-8-4-16(5-9-17)19-12-20(22-13-21-19)24-18-6-2-15(3-7-18)10-11-25/h2-9,12-13,25H,10-11H2,1H3,(H,23,26)(H,21,22,24). The lowest BCUT2D eigenvalue weighted by molar-refractivity contribution is -0.114. The molecule has 0 aliphatic carbocycles. The Kier molecular flexibility index (Phi) is 5.56. The molecule has 3 N–H and O–H groups in total. The van der Waals surface area contributed by atoms with Gasteiger partial charge in [-0.15, -0.1) is 0 Å². The number of aliphatic hydroxyl groups excluding tert-OH is 1. The van der Waals surface area contributed by atoms with E-state index in [9.17, 15) is 4.79 Å². The summed E-state index contributed by atoms with van der Waals surface area (Å²) in [4.78, 5) is 19.7. The second-order valence-corrected chi connectivity index (χ2v) is 5.84. The van der Waals surface area contributed by atoms with Crippen LogP contribution in [0, 0.1) is 0 Å². The molecule has 0 bridgehead atoms. The van der Waals surface area contributed by atoms with Crippen LogP contribution in [0.25, 0.3) is 11.3 Å². The van der Waals surface area contributed by atoms with E-state index in [0.29, 0.717) is 12.2 Å². The molecule has 0 radical (unpaired) electrons. The predicted molar refractivity (Wildman–Crippen MR) is 102 cm³/mol. The van der Waals surface area contributed by atoms with Gasteiger partial charge in [0.15, 0.2) is 0 Å². The summed E-state index contributed by atoms with van der Waals surface area (Å²) < 4.78 is 0. The summed E-state index contributed by atoms with van der Waals surface area (Å²) in [5, 5.41) is 15.0. The summed E-state index contributed by atoms with van der Waals surface area (Å²) in [7, 11) is 0. The minimum absolute atomic E-state index is 0.101. The van der Waals surface area contributed by atoms with Gasteiger partial charge in [0.25, 0.3) is 0 Å². The van der Waals surface area contributed by atoms with Crippen LogP contribution in [0.1, 0.15) is 12.5 Å². The molecule has 6 nitrogen and oxygen atoms in total. The van der Waals surface area contributed by atoms with Crippen molar-refractivity contribution in [2.24, 2.45) is 0 Å². The molecule has 0 fully saturated rings. The minimum atomic E-state index is -0.101. The van der Waals surface area contributed by atoms with Crippen LogP contribution in [-0.4, -0.2) is 27.6 Å². The lowest BCUT2D eigenvalue weighted by Crippen LogP contribution is -2.05. The van der Waals surface area contributed by atoms with Crippen molar-refractivity contribution in [2.45, 2.75) is 13.3 Å². The van der Waals surface area contributed by atoms with Gasteiger partial charge in [-0.05, 0) is 36.2 Å². The number of amides is 1. The molecule has 0 aliphatic heterocycles. The molecule has 1 heterocycles. The Morgan fingerprint density at radius 1 is 1.00 bits per heavy atom. The molecule has 0 atom stereocenters. The number of hydrogen-bond donors (Lipinski definition) is 3. The summed E-state index contributed by atoms with van der Waals surface area (Å²) in [5.74, 6) is 0.590. The summed E-state index contributed by atoms with van der Waals surface area (Å²) >= 11 is 0. The van der Waals surface area contributed by atoms with Crippen LogP contribution in [0.2, 0.25) is 0 Å². The number of carbonyl (C=O) groups is 1. The molecule has 0 saturated heterocycles. The smallest absolute Gasteiger partial charge is 0.221 e. The molecule has 3 aromatic rings. The molecular formula is C20H20N4O2. The zero-order valence-corrected chi connectivity index (χ0v) is 14.4. The quantitative estimate of drug-likeness (QED) is 0.636. The van der Waals surface area contributed by atoms with Gasteiger partial charge in [0.1, 0.15) is 12.1 Å². The number of hydrogen-bond acceptors (Lipinski definition) is 5. The van der Waals surface area contributed by atoms with Gasteiger partial charge in [-0.25, -0.2) is 9.97 Å². The van der Waals surface area contributed by atoms with Crippen molar-refractivity contribution in [3.05, 3.63) is 66.5 Å². The average Bonchev–Trinajstić information content (AvgIpc) is 2.64. The number of aromatic nitrogens is 2. The molecule has 132 valence electrons. The third-order valence-corrected chi connectivity index (χ3v) is 3.79. The van der Waals surface area contributed by atoms with E-state index in [0.717, 1.165) is 28.2 Å². The SMILES string of the molecule is CC(=O)Nc1ccc(-c2cc(Nc3ccc(CCO)cc3)ncn2)cc1. The molecule has 26 heavy (non-hydrogen) atoms. The molecule has 2 aromatic carbocycles. The number of anilines is 3. The third-order valence-electron chi connectivity index (χ3n) is 3.79. The lowest BCUT2D eigenvalue weighted by Gasteiger charge is -2.08. The van der Waals surface area contributed by atoms with Gasteiger partial charge in [0.2, 0.25) is 5.91 Å². The first-order valence-electron chi connectivity index (χ1n) is 8.31. The van der Waals surface area contributed by atoms with Crippen LogP contribution < -0.4 is 10.6 Å². The Hall–Kier alpha value is -3.25. The van der Waals surface area contributed by atoms with Gasteiger partial charge < -0.3 is 15.7 Å². The Balaban J connectivity index is 1.74. The van der Waals surface area contributed by atoms with Crippen molar-refractivity contribution in [2.75, 3.05) is 17.2 Å². The molecule has 6 heteroatoms. The number of rotatable bonds is 6. The summed E-state index contributed by atoms with van der Waals surface area (Å²) in [5.41, 5.74) is 4.46. The van der Waals surface area contributed by atoms with Crippen LogP contribution in [0.3, 0.4) is 0 Å². The monoisotopic (exact) mass is 348 g/mol. The molecule has 3 rings (SSSR count). The Labute approximate surface area is 152 Å². The van der Waals surface area contributed by atoms with Crippen molar-refractivity contribution >= 4 is 23.1 Å². The number of carbonyl (C=O) groups excluding carboxylic acids is 1. The van der Waals surface area contributed by atoms with E-state index in [2.05, 4.69) is 20.6 Å². The molecule has 1 amide bonds. The van der Waals surface area contributed by atoms with Crippen molar-refractivity contribution in [1.82, 2.24) is 9.97 Å². The highest BCUT2D eigenvalue weighted by molar-refractivity contribution is 5.88. The van der Waals surface area contributed by atoms with Crippen molar-refractivity contribution in [3.8, 4) is 11.3 Å². The second kappa shape index (κ2) is 8.22. The Bertz CT molecular complexity index is 877. The second-order valence-electron chi connectivity index (χ2n) is 5.84. The number of aliphatic hydroxyl groups is 1. The third kappa shape index (κ3) is 4.64. The van der Waals surface area contributed by atoms with Gasteiger partial charge in [-0.2, -0.15) is 0 Å². The first kappa shape index (κ1) is 17.6. The fourth-order valence-corrected chi connectivity index (χ4v) is 2.54. The summed E-state index contributed by atoms with van der Waals surface area (Å²) in [6.07, 6.45) is 2.16. The van der Waals surface area contributed by atoms with Crippen LogP contribution in [0.15, 0.2) is 60.9 Å². The molecule has 1 aromatic heterocycles. The van der Waals surface area contributed by atoms with Crippen LogP contribution in [0.4, 0.5) is 17.2 Å². The van der Waals surface area contributed by atoms with Crippen molar-refractivity contribution in [1.29, 1.82) is 0 Å². The molecule has 0 saturated carbocycles. The first-order chi connectivity index (χ1) is 12.6. The normalized spacial score (nSPS) is 10.4. The van der Waals surface area contributed by atoms with Crippen molar-refractivity contribution in [3.63, 3.8) is 0 Å². The number of benzene rings is 2. The predicted octanol–water partition coefficient (Wildman–Crippen LogP) is 3.38. The number of nitrogens with zero attached hydrogens (tertiary/aromatic N) is 2. The molecule has 0 spiro atoms. The Morgan fingerprint density at radius 3 is 2.35 bits per heavy atom. The van der Waals surface area contributed by atoms with E-state index in [1.54, 1.807) is 0 Å². The van der Waals surface area contributed by atoms with Gasteiger partial charge in [0, 0.05) is 36.5 Å². The average molecular weight is 348 g/mol. The zero-order chi connectivity index (χ0) is 18.4. The maximum atomic E-state index is 11.1. The molecule has 0 aliphatic rings. The topological polar surface area (TPSA) is 87.1 Å². The first-order valence-corrected chi connectivity index (χ1v) is 8.31. The molecular weight excluding hydrogens is 328 g/mol.